The second-order valence-electron chi connectivity index (χ2n) is 6.37. The first-order valence-corrected chi connectivity index (χ1v) is 9.16. The van der Waals surface area contributed by atoms with Crippen LogP contribution in [0.15, 0.2) is 4.99 Å². The van der Waals surface area contributed by atoms with Crippen molar-refractivity contribution in [2.45, 2.75) is 55.7 Å². The molecule has 0 atom stereocenters. The van der Waals surface area contributed by atoms with Gasteiger partial charge in [-0.25, -0.2) is 0 Å². The summed E-state index contributed by atoms with van der Waals surface area (Å²) in [7, 11) is 2.20. The highest BCUT2D eigenvalue weighted by Crippen LogP contribution is 2.34. The molecule has 2 aliphatic rings. The van der Waals surface area contributed by atoms with E-state index >= 15 is 0 Å². The number of hydrogen-bond donors (Lipinski definition) is 2. The Morgan fingerprint density at radius 2 is 1.95 bits per heavy atom. The molecular formula is C15H30N4S. The highest BCUT2D eigenvalue weighted by molar-refractivity contribution is 8.00. The predicted molar refractivity (Wildman–Crippen MR) is 89.5 cm³/mol. The fraction of sp³-hybridized carbons (Fsp3) is 0.933. The lowest BCUT2D eigenvalue weighted by molar-refractivity contribution is 0.242. The predicted octanol–water partition coefficient (Wildman–Crippen LogP) is 2.05. The summed E-state index contributed by atoms with van der Waals surface area (Å²) in [5.74, 6) is 0.657. The minimum absolute atomic E-state index is 0.297. The van der Waals surface area contributed by atoms with Crippen LogP contribution in [0.25, 0.3) is 0 Å². The minimum Gasteiger partial charge on any atom is -0.370 e. The summed E-state index contributed by atoms with van der Waals surface area (Å²) < 4.78 is 0.297. The van der Waals surface area contributed by atoms with Crippen LogP contribution in [-0.2, 0) is 0 Å². The van der Waals surface area contributed by atoms with E-state index in [-0.39, 0.29) is 0 Å². The molecule has 1 aliphatic heterocycles. The van der Waals surface area contributed by atoms with Gasteiger partial charge in [-0.05, 0) is 52.1 Å². The third-order valence-corrected chi connectivity index (χ3v) is 6.23. The highest BCUT2D eigenvalue weighted by Gasteiger charge is 2.32. The number of guanidine groups is 1. The molecule has 116 valence electrons. The number of likely N-dealkylation sites (tertiary alicyclic amines) is 1. The standard InChI is InChI=1S/C15H30N4S/c1-19-10-8-15(20-2,9-11-19)12-17-14(16)18-13-6-4-3-5-7-13/h13H,3-12H2,1-2H3,(H3,16,17,18). The van der Waals surface area contributed by atoms with Gasteiger partial charge in [-0.2, -0.15) is 11.8 Å². The molecule has 4 nitrogen and oxygen atoms in total. The fourth-order valence-electron chi connectivity index (χ4n) is 3.18. The molecule has 1 aliphatic carbocycles. The van der Waals surface area contributed by atoms with Crippen molar-refractivity contribution in [3.05, 3.63) is 0 Å². The van der Waals surface area contributed by atoms with Crippen molar-refractivity contribution in [1.82, 2.24) is 10.2 Å². The van der Waals surface area contributed by atoms with E-state index in [1.165, 1.54) is 58.0 Å². The number of thioether (sulfide) groups is 1. The van der Waals surface area contributed by atoms with Gasteiger partial charge in [-0.15, -0.1) is 0 Å². The molecule has 0 radical (unpaired) electrons. The van der Waals surface area contributed by atoms with Gasteiger partial charge in [0.25, 0.3) is 0 Å². The third-order valence-electron chi connectivity index (χ3n) is 4.83. The van der Waals surface area contributed by atoms with Gasteiger partial charge in [0, 0.05) is 10.8 Å². The smallest absolute Gasteiger partial charge is 0.188 e. The van der Waals surface area contributed by atoms with E-state index in [1.54, 1.807) is 0 Å². The van der Waals surface area contributed by atoms with Gasteiger partial charge in [0.05, 0.1) is 6.54 Å². The van der Waals surface area contributed by atoms with Crippen LogP contribution < -0.4 is 11.1 Å². The van der Waals surface area contributed by atoms with Gasteiger partial charge in [0.1, 0.15) is 0 Å². The zero-order valence-electron chi connectivity index (χ0n) is 13.0. The van der Waals surface area contributed by atoms with Crippen molar-refractivity contribution in [2.75, 3.05) is 32.9 Å². The monoisotopic (exact) mass is 298 g/mol. The first kappa shape index (κ1) is 16.0. The van der Waals surface area contributed by atoms with Crippen LogP contribution in [0.5, 0.6) is 0 Å². The fourth-order valence-corrected chi connectivity index (χ4v) is 3.97. The highest BCUT2D eigenvalue weighted by atomic mass is 32.2. The maximum atomic E-state index is 6.08. The first-order valence-electron chi connectivity index (χ1n) is 7.94. The van der Waals surface area contributed by atoms with Crippen LogP contribution >= 0.6 is 11.8 Å². The molecule has 0 aromatic heterocycles. The lowest BCUT2D eigenvalue weighted by atomic mass is 9.95. The molecule has 0 amide bonds. The lowest BCUT2D eigenvalue weighted by Crippen LogP contribution is -2.45. The van der Waals surface area contributed by atoms with Crippen molar-refractivity contribution in [1.29, 1.82) is 0 Å². The Bertz CT molecular complexity index is 318. The number of rotatable bonds is 4. The summed E-state index contributed by atoms with van der Waals surface area (Å²) in [5.41, 5.74) is 6.08. The SMILES string of the molecule is CSC1(CN=C(N)NC2CCCCC2)CCN(C)CC1. The number of nitrogens with one attached hydrogen (secondary N) is 1. The molecule has 0 bridgehead atoms. The van der Waals surface area contributed by atoms with Crippen LogP contribution in [0.1, 0.15) is 44.9 Å². The van der Waals surface area contributed by atoms with E-state index < -0.39 is 0 Å². The summed E-state index contributed by atoms with van der Waals surface area (Å²) in [6, 6.07) is 0.551. The zero-order chi connectivity index (χ0) is 14.4. The average molecular weight is 299 g/mol. The summed E-state index contributed by atoms with van der Waals surface area (Å²) >= 11 is 1.97. The van der Waals surface area contributed by atoms with Gasteiger partial charge in [0.15, 0.2) is 5.96 Å². The van der Waals surface area contributed by atoms with Gasteiger partial charge in [-0.1, -0.05) is 19.3 Å². The van der Waals surface area contributed by atoms with Crippen LogP contribution in [0.3, 0.4) is 0 Å². The Balaban J connectivity index is 1.82. The Morgan fingerprint density at radius 1 is 1.30 bits per heavy atom. The van der Waals surface area contributed by atoms with Crippen molar-refractivity contribution < 1.29 is 0 Å². The summed E-state index contributed by atoms with van der Waals surface area (Å²) in [5, 5.41) is 3.42. The van der Waals surface area contributed by atoms with Crippen molar-refractivity contribution in [2.24, 2.45) is 10.7 Å². The molecule has 20 heavy (non-hydrogen) atoms. The molecular weight excluding hydrogens is 268 g/mol. The number of hydrogen-bond acceptors (Lipinski definition) is 3. The third kappa shape index (κ3) is 4.55. The Labute approximate surface area is 128 Å². The Kier molecular flexibility index (Phi) is 6.02. The zero-order valence-corrected chi connectivity index (χ0v) is 13.8. The van der Waals surface area contributed by atoms with Crippen LogP contribution in [0, 0.1) is 0 Å². The number of nitrogens with two attached hydrogens (primary N) is 1. The quantitative estimate of drug-likeness (QED) is 0.616. The van der Waals surface area contributed by atoms with E-state index in [0.29, 0.717) is 16.7 Å². The van der Waals surface area contributed by atoms with E-state index in [1.807, 2.05) is 11.8 Å². The van der Waals surface area contributed by atoms with E-state index in [4.69, 9.17) is 5.73 Å². The van der Waals surface area contributed by atoms with Gasteiger partial charge in [0.2, 0.25) is 0 Å². The molecule has 0 aromatic rings. The molecule has 0 unspecified atom stereocenters. The molecule has 2 fully saturated rings. The largest absolute Gasteiger partial charge is 0.370 e. The van der Waals surface area contributed by atoms with Gasteiger partial charge in [-0.3, -0.25) is 4.99 Å². The second kappa shape index (κ2) is 7.55. The van der Waals surface area contributed by atoms with Crippen molar-refractivity contribution in [3.8, 4) is 0 Å². The number of piperidine rings is 1. The van der Waals surface area contributed by atoms with Crippen molar-refractivity contribution >= 4 is 17.7 Å². The Morgan fingerprint density at radius 3 is 2.55 bits per heavy atom. The number of aliphatic imine (C=N–C) groups is 1. The second-order valence-corrected chi connectivity index (χ2v) is 7.65. The topological polar surface area (TPSA) is 53.6 Å². The molecule has 1 saturated carbocycles. The molecule has 3 N–H and O–H groups in total. The van der Waals surface area contributed by atoms with E-state index in [2.05, 4.69) is 28.5 Å². The van der Waals surface area contributed by atoms with E-state index in [9.17, 15) is 0 Å². The summed E-state index contributed by atoms with van der Waals surface area (Å²) in [4.78, 5) is 7.06. The Hall–Kier alpha value is -0.420. The van der Waals surface area contributed by atoms with Gasteiger partial charge >= 0.3 is 0 Å². The summed E-state index contributed by atoms with van der Waals surface area (Å²) in [6.07, 6.45) is 11.2. The maximum Gasteiger partial charge on any atom is 0.188 e. The van der Waals surface area contributed by atoms with E-state index in [0.717, 1.165) is 6.54 Å². The molecule has 5 heteroatoms. The van der Waals surface area contributed by atoms with Gasteiger partial charge < -0.3 is 16.0 Å². The normalized spacial score (nSPS) is 25.6. The number of nitrogens with zero attached hydrogens (tertiary/aromatic N) is 2. The molecule has 1 saturated heterocycles. The summed E-state index contributed by atoms with van der Waals surface area (Å²) in [6.45, 7) is 3.20. The molecule has 0 spiro atoms. The molecule has 2 rings (SSSR count). The van der Waals surface area contributed by atoms with Crippen LogP contribution in [0.2, 0.25) is 0 Å². The molecule has 1 heterocycles. The lowest BCUT2D eigenvalue weighted by Gasteiger charge is -2.38. The maximum absolute atomic E-state index is 6.08. The average Bonchev–Trinajstić information content (AvgIpc) is 2.48. The first-order chi connectivity index (χ1) is 9.63. The van der Waals surface area contributed by atoms with Crippen molar-refractivity contribution in [3.63, 3.8) is 0 Å². The van der Waals surface area contributed by atoms with Crippen LogP contribution in [0.4, 0.5) is 0 Å². The molecule has 0 aromatic carbocycles. The minimum atomic E-state index is 0.297. The van der Waals surface area contributed by atoms with Crippen LogP contribution in [-0.4, -0.2) is 54.6 Å².